The van der Waals surface area contributed by atoms with E-state index in [1.807, 2.05) is 48.5 Å². The van der Waals surface area contributed by atoms with Crippen molar-refractivity contribution in [3.05, 3.63) is 102 Å². The number of nitrogens with zero attached hydrogens (tertiary/aromatic N) is 7. The van der Waals surface area contributed by atoms with Gasteiger partial charge in [-0.05, 0) is 58.8 Å². The first-order valence-electron chi connectivity index (χ1n) is 10.0. The number of tetrazole rings is 1. The van der Waals surface area contributed by atoms with Crippen LogP contribution in [0, 0.1) is 11.3 Å². The molecule has 0 unspecified atom stereocenters. The Bertz CT molecular complexity index is 1360. The van der Waals surface area contributed by atoms with Gasteiger partial charge in [0.05, 0.1) is 34.4 Å². The number of nitriles is 1. The minimum absolute atomic E-state index is 0.0793. The number of benzene rings is 3. The normalized spacial score (nSPS) is 12.0. The summed E-state index contributed by atoms with van der Waals surface area (Å²) >= 11 is 0. The summed E-state index contributed by atoms with van der Waals surface area (Å²) in [6, 6.07) is 26.4. The highest BCUT2D eigenvalue weighted by Crippen LogP contribution is 2.28. The second kappa shape index (κ2) is 7.84. The Morgan fingerprint density at radius 3 is 2.52 bits per heavy atom. The van der Waals surface area contributed by atoms with Gasteiger partial charge >= 0.3 is 0 Å². The fraction of sp³-hybridized carbons (Fsp3) is 0.125. The highest BCUT2D eigenvalue weighted by Gasteiger charge is 2.18. The molecule has 0 radical (unpaired) electrons. The molecule has 1 atom stereocenters. The third-order valence-electron chi connectivity index (χ3n) is 5.47. The molecule has 0 saturated carbocycles. The first-order chi connectivity index (χ1) is 15.2. The lowest BCUT2D eigenvalue weighted by Crippen LogP contribution is -2.11. The lowest BCUT2D eigenvalue weighted by atomic mass is 10.1. The minimum atomic E-state index is 0.0793. The smallest absolute Gasteiger partial charge is 0.143 e. The maximum atomic E-state index is 9.39. The van der Waals surface area contributed by atoms with Gasteiger partial charge in [-0.2, -0.15) is 5.26 Å². The second-order valence-electron chi connectivity index (χ2n) is 7.40. The largest absolute Gasteiger partial charge is 0.320 e. The van der Waals surface area contributed by atoms with Gasteiger partial charge in [0.15, 0.2) is 0 Å². The van der Waals surface area contributed by atoms with Gasteiger partial charge in [-0.3, -0.25) is 0 Å². The summed E-state index contributed by atoms with van der Waals surface area (Å²) in [5.74, 6) is 0.955. The molecule has 2 aromatic heterocycles. The van der Waals surface area contributed by atoms with Crippen molar-refractivity contribution in [1.82, 2.24) is 29.8 Å². The molecule has 0 aliphatic heterocycles. The van der Waals surface area contributed by atoms with Crippen molar-refractivity contribution in [3.8, 4) is 11.8 Å². The van der Waals surface area contributed by atoms with Crippen LogP contribution in [-0.2, 0) is 6.42 Å². The lowest BCUT2D eigenvalue weighted by Gasteiger charge is -2.18. The summed E-state index contributed by atoms with van der Waals surface area (Å²) in [7, 11) is 0. The van der Waals surface area contributed by atoms with Crippen LogP contribution >= 0.6 is 0 Å². The topological polar surface area (TPSA) is 85.2 Å². The Hall–Kier alpha value is -4.31. The van der Waals surface area contributed by atoms with Crippen LogP contribution in [0.1, 0.15) is 35.5 Å². The number of hydrogen-bond donors (Lipinski definition) is 0. The van der Waals surface area contributed by atoms with Gasteiger partial charge in [0.2, 0.25) is 0 Å². The molecule has 3 aromatic carbocycles. The number of hydrogen-bond acceptors (Lipinski definition) is 5. The van der Waals surface area contributed by atoms with Crippen molar-refractivity contribution in [2.45, 2.75) is 19.4 Å². The Labute approximate surface area is 179 Å². The average Bonchev–Trinajstić information content (AvgIpc) is 3.47. The zero-order valence-electron chi connectivity index (χ0n) is 16.9. The summed E-state index contributed by atoms with van der Waals surface area (Å²) in [4.78, 5) is 4.92. The lowest BCUT2D eigenvalue weighted by molar-refractivity contribution is 0.627. The predicted molar refractivity (Wildman–Crippen MR) is 117 cm³/mol. The average molecular weight is 405 g/mol. The van der Waals surface area contributed by atoms with Gasteiger partial charge in [-0.15, -0.1) is 5.10 Å². The van der Waals surface area contributed by atoms with Crippen LogP contribution in [0.15, 0.2) is 79.1 Å². The fourth-order valence-corrected chi connectivity index (χ4v) is 3.88. The van der Waals surface area contributed by atoms with E-state index in [1.54, 1.807) is 11.0 Å². The SMILES string of the molecule is C[C@H](c1ccccc1)n1c(Cc2ccc(-n3cnnn3)cc2)nc2ccc(C#N)cc21. The Morgan fingerprint density at radius 2 is 1.81 bits per heavy atom. The molecule has 0 aliphatic rings. The van der Waals surface area contributed by atoms with Crippen LogP contribution < -0.4 is 0 Å². The first-order valence-corrected chi connectivity index (χ1v) is 10.0. The van der Waals surface area contributed by atoms with Crippen molar-refractivity contribution >= 4 is 11.0 Å². The summed E-state index contributed by atoms with van der Waals surface area (Å²) in [6.07, 6.45) is 2.24. The minimum Gasteiger partial charge on any atom is -0.320 e. The third-order valence-corrected chi connectivity index (χ3v) is 5.47. The van der Waals surface area contributed by atoms with Gasteiger partial charge in [-0.25, -0.2) is 9.67 Å². The number of rotatable bonds is 5. The van der Waals surface area contributed by atoms with Crippen molar-refractivity contribution in [1.29, 1.82) is 5.26 Å². The summed E-state index contributed by atoms with van der Waals surface area (Å²) in [5, 5.41) is 20.7. The van der Waals surface area contributed by atoms with Crippen molar-refractivity contribution in [3.63, 3.8) is 0 Å². The summed E-state index contributed by atoms with van der Waals surface area (Å²) < 4.78 is 3.86. The molecule has 31 heavy (non-hydrogen) atoms. The van der Waals surface area contributed by atoms with Gasteiger partial charge in [0, 0.05) is 6.42 Å². The molecule has 0 fully saturated rings. The molecule has 0 spiro atoms. The van der Waals surface area contributed by atoms with Crippen LogP contribution in [0.2, 0.25) is 0 Å². The van der Waals surface area contributed by atoms with E-state index >= 15 is 0 Å². The molecule has 7 heteroatoms. The van der Waals surface area contributed by atoms with Crippen molar-refractivity contribution in [2.75, 3.05) is 0 Å². The molecule has 7 nitrogen and oxygen atoms in total. The van der Waals surface area contributed by atoms with E-state index in [9.17, 15) is 5.26 Å². The molecule has 150 valence electrons. The first kappa shape index (κ1) is 18.7. The summed E-state index contributed by atoms with van der Waals surface area (Å²) in [6.45, 7) is 2.17. The highest BCUT2D eigenvalue weighted by atomic mass is 15.5. The number of imidazole rings is 1. The van der Waals surface area contributed by atoms with Crippen LogP contribution in [0.3, 0.4) is 0 Å². The number of fused-ring (bicyclic) bond motifs is 1. The molecule has 0 amide bonds. The molecular weight excluding hydrogens is 386 g/mol. The molecule has 0 bridgehead atoms. The maximum Gasteiger partial charge on any atom is 0.143 e. The Kier molecular flexibility index (Phi) is 4.73. The van der Waals surface area contributed by atoms with E-state index in [1.165, 1.54) is 5.56 Å². The number of aromatic nitrogens is 6. The van der Waals surface area contributed by atoms with Gasteiger partial charge < -0.3 is 4.57 Å². The van der Waals surface area contributed by atoms with E-state index in [0.29, 0.717) is 12.0 Å². The van der Waals surface area contributed by atoms with E-state index in [4.69, 9.17) is 4.98 Å². The third kappa shape index (κ3) is 3.55. The molecule has 0 aliphatic carbocycles. The fourth-order valence-electron chi connectivity index (χ4n) is 3.88. The predicted octanol–water partition coefficient (Wildman–Crippen LogP) is 4.08. The van der Waals surface area contributed by atoms with Crippen LogP contribution in [0.5, 0.6) is 0 Å². The Balaban J connectivity index is 1.57. The van der Waals surface area contributed by atoms with Gasteiger partial charge in [0.25, 0.3) is 0 Å². The zero-order valence-corrected chi connectivity index (χ0v) is 16.9. The maximum absolute atomic E-state index is 9.39. The molecule has 5 rings (SSSR count). The summed E-state index contributed by atoms with van der Waals surface area (Å²) in [5.41, 5.74) is 5.72. The van der Waals surface area contributed by atoms with E-state index in [0.717, 1.165) is 28.1 Å². The van der Waals surface area contributed by atoms with E-state index < -0.39 is 0 Å². The molecule has 5 aromatic rings. The van der Waals surface area contributed by atoms with Gasteiger partial charge in [0.1, 0.15) is 12.2 Å². The van der Waals surface area contributed by atoms with Crippen molar-refractivity contribution in [2.24, 2.45) is 0 Å². The highest BCUT2D eigenvalue weighted by molar-refractivity contribution is 5.78. The standard InChI is InChI=1S/C24H19N7/c1-17(20-5-3-2-4-6-20)31-23-13-19(15-25)9-12-22(23)27-24(31)14-18-7-10-21(11-8-18)30-16-26-28-29-30/h2-13,16-17H,14H2,1H3/t17-/m1/s1. The van der Waals surface area contributed by atoms with Crippen LogP contribution in [-0.4, -0.2) is 29.8 Å². The molecule has 0 saturated heterocycles. The molecule has 0 N–H and O–H groups in total. The molecule has 2 heterocycles. The van der Waals surface area contributed by atoms with Crippen LogP contribution in [0.4, 0.5) is 0 Å². The van der Waals surface area contributed by atoms with E-state index in [-0.39, 0.29) is 6.04 Å². The van der Waals surface area contributed by atoms with Gasteiger partial charge in [-0.1, -0.05) is 42.5 Å². The van der Waals surface area contributed by atoms with E-state index in [2.05, 4.69) is 57.4 Å². The quantitative estimate of drug-likeness (QED) is 0.440. The van der Waals surface area contributed by atoms with Crippen LogP contribution in [0.25, 0.3) is 16.7 Å². The Morgan fingerprint density at radius 1 is 1.00 bits per heavy atom. The zero-order chi connectivity index (χ0) is 21.2. The second-order valence-corrected chi connectivity index (χ2v) is 7.40. The molecular formula is C24H19N7. The monoisotopic (exact) mass is 405 g/mol. The van der Waals surface area contributed by atoms with Crippen molar-refractivity contribution < 1.29 is 0 Å².